The van der Waals surface area contributed by atoms with Gasteiger partial charge in [0.15, 0.2) is 0 Å². The van der Waals surface area contributed by atoms with Crippen LogP contribution < -0.4 is 0 Å². The number of hydrogen-bond donors (Lipinski definition) is 0. The molecule has 2 aromatic rings. The molecule has 0 amide bonds. The van der Waals surface area contributed by atoms with Gasteiger partial charge in [-0.3, -0.25) is 0 Å². The molecule has 0 aromatic heterocycles. The number of hydrogen-bond acceptors (Lipinski definition) is 1. The monoisotopic (exact) mass is 382 g/mol. The summed E-state index contributed by atoms with van der Waals surface area (Å²) in [6.45, 7) is 0. The molecule has 2 aromatic carbocycles. The molecule has 114 valence electrons. The van der Waals surface area contributed by atoms with Crippen LogP contribution in [-0.2, 0) is 17.4 Å². The minimum absolute atomic E-state index is 0.463. The van der Waals surface area contributed by atoms with Crippen molar-refractivity contribution in [1.29, 1.82) is 0 Å². The summed E-state index contributed by atoms with van der Waals surface area (Å²) in [6, 6.07) is 19.6. The number of alkyl halides is 1. The maximum absolute atomic E-state index is 6.65. The SMILES string of the molecule is ClC(Cc1ccccc1)(Cc1ccccc1)O[PH](Cl)(Cl)Cl. The third-order valence-electron chi connectivity index (χ3n) is 2.92. The Kier molecular flexibility index (Phi) is 6.20. The van der Waals surface area contributed by atoms with Gasteiger partial charge >= 0.3 is 145 Å². The molecule has 0 atom stereocenters. The summed E-state index contributed by atoms with van der Waals surface area (Å²) in [5, 5.41) is -1.07. The summed E-state index contributed by atoms with van der Waals surface area (Å²) >= 11 is 24.4. The predicted octanol–water partition coefficient (Wildman–Crippen LogP) is 6.55. The van der Waals surface area contributed by atoms with E-state index in [2.05, 4.69) is 0 Å². The van der Waals surface area contributed by atoms with Crippen molar-refractivity contribution in [3.63, 3.8) is 0 Å². The van der Waals surface area contributed by atoms with Crippen LogP contribution in [0.25, 0.3) is 0 Å². The van der Waals surface area contributed by atoms with E-state index >= 15 is 0 Å². The fourth-order valence-electron chi connectivity index (χ4n) is 2.14. The zero-order valence-electron chi connectivity index (χ0n) is 11.1. The first-order valence-corrected chi connectivity index (χ1v) is 11.7. The topological polar surface area (TPSA) is 9.23 Å². The normalized spacial score (nSPS) is 13.1. The van der Waals surface area contributed by atoms with E-state index in [1.165, 1.54) is 0 Å². The van der Waals surface area contributed by atoms with E-state index in [-0.39, 0.29) is 0 Å². The van der Waals surface area contributed by atoms with Crippen molar-refractivity contribution < 1.29 is 4.52 Å². The second kappa shape index (κ2) is 7.51. The van der Waals surface area contributed by atoms with Crippen molar-refractivity contribution in [2.45, 2.75) is 17.9 Å². The molecule has 0 heterocycles. The molecule has 0 aliphatic heterocycles. The predicted molar refractivity (Wildman–Crippen MR) is 95.8 cm³/mol. The third-order valence-corrected chi connectivity index (χ3v) is 4.71. The van der Waals surface area contributed by atoms with Crippen LogP contribution in [0.15, 0.2) is 60.7 Å². The second-order valence-corrected chi connectivity index (χ2v) is 13.1. The van der Waals surface area contributed by atoms with E-state index in [9.17, 15) is 0 Å². The Morgan fingerprint density at radius 1 is 0.762 bits per heavy atom. The quantitative estimate of drug-likeness (QED) is 0.406. The van der Waals surface area contributed by atoms with E-state index in [0.29, 0.717) is 12.8 Å². The fourth-order valence-corrected chi connectivity index (χ4v) is 5.04. The van der Waals surface area contributed by atoms with E-state index in [1.54, 1.807) is 0 Å². The summed E-state index contributed by atoms with van der Waals surface area (Å²) < 4.78 is 5.63. The summed E-state index contributed by atoms with van der Waals surface area (Å²) in [4.78, 5) is 0. The molecular formula is C15H15Cl4OP. The van der Waals surface area contributed by atoms with Gasteiger partial charge in [0.2, 0.25) is 0 Å². The van der Waals surface area contributed by atoms with Gasteiger partial charge in [0, 0.05) is 0 Å². The van der Waals surface area contributed by atoms with Crippen LogP contribution in [0, 0.1) is 0 Å². The third kappa shape index (κ3) is 6.32. The van der Waals surface area contributed by atoms with Gasteiger partial charge in [-0.1, -0.05) is 0 Å². The molecule has 0 radical (unpaired) electrons. The molecule has 0 aliphatic rings. The van der Waals surface area contributed by atoms with Gasteiger partial charge in [0.25, 0.3) is 0 Å². The average molecular weight is 384 g/mol. The molecule has 6 heteroatoms. The van der Waals surface area contributed by atoms with Gasteiger partial charge in [-0.15, -0.1) is 0 Å². The van der Waals surface area contributed by atoms with Gasteiger partial charge < -0.3 is 0 Å². The number of benzene rings is 2. The van der Waals surface area contributed by atoms with E-state index in [0.717, 1.165) is 11.1 Å². The number of halogens is 4. The molecule has 0 saturated carbocycles. The molecule has 2 rings (SSSR count). The van der Waals surface area contributed by atoms with Crippen LogP contribution in [-0.4, -0.2) is 5.06 Å². The van der Waals surface area contributed by atoms with Crippen molar-refractivity contribution in [3.8, 4) is 0 Å². The first-order valence-electron chi connectivity index (χ1n) is 6.40. The molecule has 0 saturated heterocycles. The Morgan fingerprint density at radius 2 is 1.14 bits per heavy atom. The molecule has 0 spiro atoms. The average Bonchev–Trinajstić information content (AvgIpc) is 2.38. The van der Waals surface area contributed by atoms with Gasteiger partial charge in [0.1, 0.15) is 0 Å². The van der Waals surface area contributed by atoms with Gasteiger partial charge in [-0.05, 0) is 0 Å². The van der Waals surface area contributed by atoms with Crippen LogP contribution in [0.1, 0.15) is 11.1 Å². The first kappa shape index (κ1) is 17.3. The van der Waals surface area contributed by atoms with Crippen LogP contribution >= 0.6 is 50.9 Å². The summed E-state index contributed by atoms with van der Waals surface area (Å²) in [5.41, 5.74) is -1.25. The zero-order chi connectivity index (χ0) is 15.3. The molecule has 0 bridgehead atoms. The molecule has 1 nitrogen and oxygen atoms in total. The number of rotatable bonds is 6. The maximum atomic E-state index is 6.65. The summed E-state index contributed by atoms with van der Waals surface area (Å²) in [6.07, 6.45) is 0.927. The summed E-state index contributed by atoms with van der Waals surface area (Å²) in [5.74, 6) is 0. The Hall–Kier alpha value is -0.0100. The second-order valence-electron chi connectivity index (χ2n) is 4.76. The molecular weight excluding hydrogens is 369 g/mol. The van der Waals surface area contributed by atoms with E-state index in [1.807, 2.05) is 60.7 Å². The molecule has 0 fully saturated rings. The molecule has 0 unspecified atom stereocenters. The Morgan fingerprint density at radius 3 is 1.48 bits per heavy atom. The summed E-state index contributed by atoms with van der Waals surface area (Å²) in [7, 11) is 0. The Balaban J connectivity index is 2.21. The van der Waals surface area contributed by atoms with Crippen LogP contribution in [0.5, 0.6) is 0 Å². The Bertz CT molecular complexity index is 515. The van der Waals surface area contributed by atoms with Crippen molar-refractivity contribution >= 4 is 50.9 Å². The van der Waals surface area contributed by atoms with Gasteiger partial charge in [-0.2, -0.15) is 0 Å². The molecule has 0 aliphatic carbocycles. The van der Waals surface area contributed by atoms with Crippen molar-refractivity contribution in [2.75, 3.05) is 0 Å². The van der Waals surface area contributed by atoms with Crippen LogP contribution in [0.4, 0.5) is 0 Å². The molecule has 21 heavy (non-hydrogen) atoms. The fraction of sp³-hybridized carbons (Fsp3) is 0.200. The standard InChI is InChI=1S/C15H15Cl4OP/c16-15(20-21(17,18)19,11-13-7-3-1-4-8-13)12-14-9-5-2-6-10-14/h1-10,21H,11-12H2. The van der Waals surface area contributed by atoms with E-state index in [4.69, 9.17) is 49.8 Å². The van der Waals surface area contributed by atoms with Crippen LogP contribution in [0.2, 0.25) is 0 Å². The molecule has 0 N–H and O–H groups in total. The van der Waals surface area contributed by atoms with Crippen molar-refractivity contribution in [1.82, 2.24) is 0 Å². The first-order chi connectivity index (χ1) is 9.86. The van der Waals surface area contributed by atoms with Crippen molar-refractivity contribution in [3.05, 3.63) is 71.8 Å². The minimum atomic E-state index is -3.32. The van der Waals surface area contributed by atoms with Gasteiger partial charge in [0.05, 0.1) is 0 Å². The Labute approximate surface area is 144 Å². The van der Waals surface area contributed by atoms with Gasteiger partial charge in [-0.25, -0.2) is 0 Å². The zero-order valence-corrected chi connectivity index (χ0v) is 15.1. The van der Waals surface area contributed by atoms with E-state index < -0.39 is 10.6 Å². The van der Waals surface area contributed by atoms with Crippen LogP contribution in [0.3, 0.4) is 0 Å². The van der Waals surface area contributed by atoms with Crippen molar-refractivity contribution in [2.24, 2.45) is 0 Å².